The van der Waals surface area contributed by atoms with Crippen molar-refractivity contribution in [3.8, 4) is 5.75 Å². The molecule has 1 unspecified atom stereocenters. The van der Waals surface area contributed by atoms with Crippen molar-refractivity contribution in [2.45, 2.75) is 39.0 Å². The van der Waals surface area contributed by atoms with E-state index in [0.29, 0.717) is 13.0 Å². The normalized spacial score (nSPS) is 16.7. The maximum absolute atomic E-state index is 11.7. The highest BCUT2D eigenvalue weighted by atomic mass is 35.5. The van der Waals surface area contributed by atoms with Gasteiger partial charge >= 0.3 is 0 Å². The molecule has 1 atom stereocenters. The number of ether oxygens (including phenoxy) is 1. The summed E-state index contributed by atoms with van der Waals surface area (Å²) in [5.41, 5.74) is 1.20. The Bertz CT molecular complexity index is 462. The number of rotatable bonds is 9. The van der Waals surface area contributed by atoms with Crippen molar-refractivity contribution in [3.05, 3.63) is 29.8 Å². The standard InChI is InChI=1S/C18H28N2O2.ClH/c1-15-5-4-6-17(13-15)22-12-3-2-7-18(21)20-11-9-16-8-10-19-14-16;/h4-6,13,16,19H,2-3,7-12,14H2,1H3,(H,20,21);1H. The zero-order valence-corrected chi connectivity index (χ0v) is 14.8. The van der Waals surface area contributed by atoms with Crippen molar-refractivity contribution in [1.82, 2.24) is 10.6 Å². The summed E-state index contributed by atoms with van der Waals surface area (Å²) in [6.45, 7) is 5.76. The van der Waals surface area contributed by atoms with E-state index in [1.54, 1.807) is 0 Å². The van der Waals surface area contributed by atoms with Gasteiger partial charge in [0.1, 0.15) is 5.75 Å². The van der Waals surface area contributed by atoms with Crippen molar-refractivity contribution < 1.29 is 9.53 Å². The van der Waals surface area contributed by atoms with E-state index >= 15 is 0 Å². The van der Waals surface area contributed by atoms with Crippen LogP contribution in [0.5, 0.6) is 5.75 Å². The maximum Gasteiger partial charge on any atom is 0.219 e. The molecule has 4 nitrogen and oxygen atoms in total. The Morgan fingerprint density at radius 2 is 2.26 bits per heavy atom. The fourth-order valence-corrected chi connectivity index (χ4v) is 2.75. The minimum absolute atomic E-state index is 0. The van der Waals surface area contributed by atoms with Crippen LogP contribution in [0, 0.1) is 12.8 Å². The molecule has 1 aliphatic heterocycles. The lowest BCUT2D eigenvalue weighted by atomic mass is 10.1. The van der Waals surface area contributed by atoms with Crippen LogP contribution >= 0.6 is 12.4 Å². The Morgan fingerprint density at radius 1 is 1.39 bits per heavy atom. The fraction of sp³-hybridized carbons (Fsp3) is 0.611. The van der Waals surface area contributed by atoms with Gasteiger partial charge in [0.2, 0.25) is 5.91 Å². The molecule has 2 N–H and O–H groups in total. The highest BCUT2D eigenvalue weighted by Crippen LogP contribution is 2.13. The molecule has 130 valence electrons. The average molecular weight is 341 g/mol. The van der Waals surface area contributed by atoms with Crippen LogP contribution in [0.15, 0.2) is 24.3 Å². The summed E-state index contributed by atoms with van der Waals surface area (Å²) in [6, 6.07) is 8.05. The lowest BCUT2D eigenvalue weighted by Gasteiger charge is -2.09. The number of hydrogen-bond acceptors (Lipinski definition) is 3. The highest BCUT2D eigenvalue weighted by Gasteiger charge is 2.13. The number of carbonyl (C=O) groups excluding carboxylic acids is 1. The smallest absolute Gasteiger partial charge is 0.219 e. The number of aryl methyl sites for hydroxylation is 1. The Labute approximate surface area is 145 Å². The van der Waals surface area contributed by atoms with Crippen LogP contribution < -0.4 is 15.4 Å². The first kappa shape index (κ1) is 19.8. The molecule has 1 heterocycles. The van der Waals surface area contributed by atoms with Crippen LogP contribution in [-0.4, -0.2) is 32.1 Å². The summed E-state index contributed by atoms with van der Waals surface area (Å²) in [6.07, 6.45) is 4.72. The topological polar surface area (TPSA) is 50.4 Å². The van der Waals surface area contributed by atoms with Crippen LogP contribution in [0.3, 0.4) is 0 Å². The van der Waals surface area contributed by atoms with Gasteiger partial charge in [0.05, 0.1) is 6.61 Å². The second kappa shape index (κ2) is 11.3. The Hall–Kier alpha value is -1.26. The Balaban J connectivity index is 0.00000264. The van der Waals surface area contributed by atoms with E-state index in [9.17, 15) is 4.79 Å². The number of unbranched alkanes of at least 4 members (excludes halogenated alkanes) is 1. The first-order valence-electron chi connectivity index (χ1n) is 8.41. The molecule has 2 rings (SSSR count). The Morgan fingerprint density at radius 3 is 3.00 bits per heavy atom. The molecule has 0 radical (unpaired) electrons. The number of nitrogens with one attached hydrogen (secondary N) is 2. The van der Waals surface area contributed by atoms with E-state index in [-0.39, 0.29) is 18.3 Å². The SMILES string of the molecule is Cc1cccc(OCCCCC(=O)NCCC2CCNC2)c1.Cl. The molecular formula is C18H29ClN2O2. The van der Waals surface area contributed by atoms with Gasteiger partial charge in [-0.1, -0.05) is 12.1 Å². The number of amides is 1. The van der Waals surface area contributed by atoms with Crippen molar-refractivity contribution >= 4 is 18.3 Å². The predicted octanol–water partition coefficient (Wildman–Crippen LogP) is 3.08. The predicted molar refractivity (Wildman–Crippen MR) is 96.4 cm³/mol. The summed E-state index contributed by atoms with van der Waals surface area (Å²) in [5, 5.41) is 6.37. The van der Waals surface area contributed by atoms with E-state index < -0.39 is 0 Å². The summed E-state index contributed by atoms with van der Waals surface area (Å²) in [5.74, 6) is 1.82. The van der Waals surface area contributed by atoms with E-state index in [2.05, 4.69) is 23.6 Å². The summed E-state index contributed by atoms with van der Waals surface area (Å²) in [4.78, 5) is 11.7. The first-order valence-corrected chi connectivity index (χ1v) is 8.41. The van der Waals surface area contributed by atoms with Gasteiger partial charge in [-0.05, 0) is 69.3 Å². The van der Waals surface area contributed by atoms with Crippen LogP contribution in [0.4, 0.5) is 0 Å². The minimum Gasteiger partial charge on any atom is -0.494 e. The molecular weight excluding hydrogens is 312 g/mol. The van der Waals surface area contributed by atoms with Crippen LogP contribution in [0.1, 0.15) is 37.7 Å². The monoisotopic (exact) mass is 340 g/mol. The third kappa shape index (κ3) is 8.24. The third-order valence-electron chi connectivity index (χ3n) is 4.09. The van der Waals surface area contributed by atoms with Crippen LogP contribution in [0.2, 0.25) is 0 Å². The van der Waals surface area contributed by atoms with Gasteiger partial charge in [0, 0.05) is 13.0 Å². The summed E-state index contributed by atoms with van der Waals surface area (Å²) in [7, 11) is 0. The minimum atomic E-state index is 0. The lowest BCUT2D eigenvalue weighted by molar-refractivity contribution is -0.121. The summed E-state index contributed by atoms with van der Waals surface area (Å²) < 4.78 is 5.68. The zero-order chi connectivity index (χ0) is 15.6. The highest BCUT2D eigenvalue weighted by molar-refractivity contribution is 5.85. The van der Waals surface area contributed by atoms with Gasteiger partial charge in [0.15, 0.2) is 0 Å². The number of hydrogen-bond donors (Lipinski definition) is 2. The maximum atomic E-state index is 11.7. The molecule has 5 heteroatoms. The van der Waals surface area contributed by atoms with Gasteiger partial charge in [-0.15, -0.1) is 12.4 Å². The van der Waals surface area contributed by atoms with E-state index in [4.69, 9.17) is 4.74 Å². The second-order valence-corrected chi connectivity index (χ2v) is 6.12. The largest absolute Gasteiger partial charge is 0.494 e. The van der Waals surface area contributed by atoms with Gasteiger partial charge in [-0.25, -0.2) is 0 Å². The number of benzene rings is 1. The van der Waals surface area contributed by atoms with Gasteiger partial charge < -0.3 is 15.4 Å². The van der Waals surface area contributed by atoms with Crippen LogP contribution in [-0.2, 0) is 4.79 Å². The summed E-state index contributed by atoms with van der Waals surface area (Å²) >= 11 is 0. The van der Waals surface area contributed by atoms with Crippen molar-refractivity contribution in [1.29, 1.82) is 0 Å². The molecule has 0 aromatic heterocycles. The molecule has 23 heavy (non-hydrogen) atoms. The van der Waals surface area contributed by atoms with Crippen LogP contribution in [0.25, 0.3) is 0 Å². The fourth-order valence-electron chi connectivity index (χ4n) is 2.75. The van der Waals surface area contributed by atoms with E-state index in [0.717, 1.165) is 50.6 Å². The van der Waals surface area contributed by atoms with Gasteiger partial charge in [0.25, 0.3) is 0 Å². The molecule has 0 bridgehead atoms. The molecule has 0 aliphatic carbocycles. The second-order valence-electron chi connectivity index (χ2n) is 6.12. The molecule has 1 aromatic rings. The Kier molecular flexibility index (Phi) is 9.72. The molecule has 0 spiro atoms. The number of halogens is 1. The lowest BCUT2D eigenvalue weighted by Crippen LogP contribution is -2.26. The van der Waals surface area contributed by atoms with Crippen molar-refractivity contribution in [2.24, 2.45) is 5.92 Å². The molecule has 1 amide bonds. The average Bonchev–Trinajstić information content (AvgIpc) is 3.00. The molecule has 1 aromatic carbocycles. The first-order chi connectivity index (χ1) is 10.7. The van der Waals surface area contributed by atoms with Crippen molar-refractivity contribution in [2.75, 3.05) is 26.2 Å². The van der Waals surface area contributed by atoms with E-state index in [1.165, 1.54) is 12.0 Å². The molecule has 0 saturated carbocycles. The van der Waals surface area contributed by atoms with Gasteiger partial charge in [-0.3, -0.25) is 4.79 Å². The van der Waals surface area contributed by atoms with Gasteiger partial charge in [-0.2, -0.15) is 0 Å². The number of carbonyl (C=O) groups is 1. The molecule has 1 saturated heterocycles. The quantitative estimate of drug-likeness (QED) is 0.679. The molecule has 1 aliphatic rings. The third-order valence-corrected chi connectivity index (χ3v) is 4.09. The zero-order valence-electron chi connectivity index (χ0n) is 14.0. The molecule has 1 fully saturated rings. The van der Waals surface area contributed by atoms with Crippen molar-refractivity contribution in [3.63, 3.8) is 0 Å². The van der Waals surface area contributed by atoms with E-state index in [1.807, 2.05) is 18.2 Å².